The van der Waals surface area contributed by atoms with E-state index in [2.05, 4.69) is 24.3 Å². The lowest BCUT2D eigenvalue weighted by molar-refractivity contribution is -0.153. The number of hydrogen-bond acceptors (Lipinski definition) is 3. The van der Waals surface area contributed by atoms with Gasteiger partial charge in [-0.15, -0.1) is 0 Å². The summed E-state index contributed by atoms with van der Waals surface area (Å²) >= 11 is 0. The second kappa shape index (κ2) is 5.35. The highest BCUT2D eigenvalue weighted by Crippen LogP contribution is 2.59. The molecule has 0 atom stereocenters. The van der Waals surface area contributed by atoms with E-state index < -0.39 is 17.6 Å². The summed E-state index contributed by atoms with van der Waals surface area (Å²) < 4.78 is 5.66. The molecule has 2 aromatic carbocycles. The van der Waals surface area contributed by atoms with Crippen LogP contribution in [-0.4, -0.2) is 40.8 Å². The van der Waals surface area contributed by atoms with Crippen molar-refractivity contribution in [1.29, 1.82) is 0 Å². The number of rotatable bonds is 3. The molecule has 27 heavy (non-hydrogen) atoms. The van der Waals surface area contributed by atoms with Crippen molar-refractivity contribution < 1.29 is 19.4 Å². The second-order valence-electron chi connectivity index (χ2n) is 8.39. The lowest BCUT2D eigenvalue weighted by Gasteiger charge is -2.42. The summed E-state index contributed by atoms with van der Waals surface area (Å²) in [7, 11) is 0. The topological polar surface area (TPSA) is 66.8 Å². The molecule has 0 spiro atoms. The van der Waals surface area contributed by atoms with E-state index in [1.54, 1.807) is 0 Å². The molecule has 1 amide bonds. The molecule has 4 aliphatic rings. The molecule has 2 aliphatic heterocycles. The Morgan fingerprint density at radius 1 is 1.07 bits per heavy atom. The Balaban J connectivity index is 1.38. The monoisotopic (exact) mass is 363 g/mol. The molecule has 5 nitrogen and oxygen atoms in total. The molecular formula is C22H21NO4. The zero-order valence-electron chi connectivity index (χ0n) is 15.1. The van der Waals surface area contributed by atoms with Crippen molar-refractivity contribution in [2.24, 2.45) is 5.41 Å². The summed E-state index contributed by atoms with van der Waals surface area (Å²) in [6.45, 7) is 2.71. The molecule has 2 heterocycles. The lowest BCUT2D eigenvalue weighted by atomic mass is 9.63. The highest BCUT2D eigenvalue weighted by atomic mass is 16.6. The quantitative estimate of drug-likeness (QED) is 0.899. The van der Waals surface area contributed by atoms with Crippen LogP contribution in [0.2, 0.25) is 0 Å². The van der Waals surface area contributed by atoms with E-state index in [4.69, 9.17) is 4.74 Å². The smallest absolute Gasteiger partial charge is 0.410 e. The molecule has 5 heteroatoms. The molecule has 2 aromatic rings. The van der Waals surface area contributed by atoms with Crippen LogP contribution >= 0.6 is 0 Å². The van der Waals surface area contributed by atoms with Crippen LogP contribution < -0.4 is 0 Å². The molecule has 138 valence electrons. The number of benzene rings is 2. The Hall–Kier alpha value is -2.82. The normalized spacial score (nSPS) is 27.7. The number of carbonyl (C=O) groups excluding carboxylic acids is 1. The fourth-order valence-electron chi connectivity index (χ4n) is 5.37. The van der Waals surface area contributed by atoms with E-state index in [0.717, 1.165) is 11.1 Å². The van der Waals surface area contributed by atoms with Crippen LogP contribution in [0.5, 0.6) is 0 Å². The third kappa shape index (κ3) is 2.17. The minimum Gasteiger partial charge on any atom is -0.479 e. The van der Waals surface area contributed by atoms with Crippen LogP contribution in [0.3, 0.4) is 0 Å². The van der Waals surface area contributed by atoms with Gasteiger partial charge in [0.2, 0.25) is 0 Å². The van der Waals surface area contributed by atoms with Crippen molar-refractivity contribution in [2.45, 2.75) is 31.2 Å². The summed E-state index contributed by atoms with van der Waals surface area (Å²) in [6, 6.07) is 16.3. The molecule has 0 radical (unpaired) electrons. The van der Waals surface area contributed by atoms with Gasteiger partial charge in [0.25, 0.3) is 0 Å². The molecule has 3 fully saturated rings. The van der Waals surface area contributed by atoms with Crippen LogP contribution in [0, 0.1) is 5.41 Å². The van der Waals surface area contributed by atoms with Crippen LogP contribution in [0.25, 0.3) is 11.1 Å². The van der Waals surface area contributed by atoms with Crippen LogP contribution in [0.4, 0.5) is 4.79 Å². The SMILES string of the molecule is CC12CN(C(=O)OCC3c4ccccc4-c4ccccc43)C(C(=O)O)(C1)C2. The summed E-state index contributed by atoms with van der Waals surface area (Å²) in [5.41, 5.74) is 3.48. The van der Waals surface area contributed by atoms with E-state index in [1.807, 2.05) is 31.2 Å². The maximum Gasteiger partial charge on any atom is 0.410 e. The van der Waals surface area contributed by atoms with Crippen LogP contribution in [0.15, 0.2) is 48.5 Å². The van der Waals surface area contributed by atoms with E-state index in [9.17, 15) is 14.7 Å². The van der Waals surface area contributed by atoms with Gasteiger partial charge in [0, 0.05) is 12.5 Å². The van der Waals surface area contributed by atoms with Gasteiger partial charge in [-0.1, -0.05) is 55.5 Å². The van der Waals surface area contributed by atoms with E-state index in [-0.39, 0.29) is 17.9 Å². The molecule has 2 bridgehead atoms. The Morgan fingerprint density at radius 2 is 1.63 bits per heavy atom. The van der Waals surface area contributed by atoms with Crippen molar-refractivity contribution in [2.75, 3.05) is 13.2 Å². The van der Waals surface area contributed by atoms with Crippen molar-refractivity contribution in [3.63, 3.8) is 0 Å². The maximum atomic E-state index is 12.8. The number of nitrogens with zero attached hydrogens (tertiary/aromatic N) is 1. The number of amides is 1. The number of carboxylic acids is 1. The summed E-state index contributed by atoms with van der Waals surface area (Å²) in [5.74, 6) is -0.943. The minimum absolute atomic E-state index is 0.0182. The molecule has 0 aromatic heterocycles. The van der Waals surface area contributed by atoms with Gasteiger partial charge in [-0.3, -0.25) is 4.90 Å². The standard InChI is InChI=1S/C22H21NO4/c1-21-11-22(12-21,19(24)25)23(13-21)20(26)27-10-18-16-8-4-2-6-14(16)15-7-3-5-9-17(15)18/h2-9,18H,10-13H2,1H3,(H,24,25). The first kappa shape index (κ1) is 16.4. The highest BCUT2D eigenvalue weighted by Gasteiger charge is 2.69. The Morgan fingerprint density at radius 3 is 2.19 bits per heavy atom. The van der Waals surface area contributed by atoms with Crippen LogP contribution in [-0.2, 0) is 9.53 Å². The molecular weight excluding hydrogens is 342 g/mol. The third-order valence-corrected chi connectivity index (χ3v) is 6.45. The number of aliphatic carboxylic acids is 1. The van der Waals surface area contributed by atoms with Crippen molar-refractivity contribution >= 4 is 12.1 Å². The first-order valence-corrected chi connectivity index (χ1v) is 9.30. The fourth-order valence-corrected chi connectivity index (χ4v) is 5.37. The Kier molecular flexibility index (Phi) is 3.24. The van der Waals surface area contributed by atoms with Crippen molar-refractivity contribution in [3.05, 3.63) is 59.7 Å². The number of hydrogen-bond donors (Lipinski definition) is 1. The maximum absolute atomic E-state index is 12.8. The number of carboxylic acid groups (broad SMARTS) is 1. The first-order chi connectivity index (χ1) is 12.9. The predicted molar refractivity (Wildman–Crippen MR) is 99.5 cm³/mol. The number of carbonyl (C=O) groups is 2. The Bertz CT molecular complexity index is 915. The number of ether oxygens (including phenoxy) is 1. The molecule has 2 aliphatic carbocycles. The van der Waals surface area contributed by atoms with Gasteiger partial charge < -0.3 is 9.84 Å². The van der Waals surface area contributed by atoms with E-state index in [0.29, 0.717) is 19.4 Å². The third-order valence-electron chi connectivity index (χ3n) is 6.45. The fraction of sp³-hybridized carbons (Fsp3) is 0.364. The van der Waals surface area contributed by atoms with Gasteiger partial charge in [0.05, 0.1) is 0 Å². The summed E-state index contributed by atoms with van der Waals surface area (Å²) in [6.07, 6.45) is 0.513. The average molecular weight is 363 g/mol. The van der Waals surface area contributed by atoms with Crippen LogP contribution in [0.1, 0.15) is 36.8 Å². The van der Waals surface area contributed by atoms with Gasteiger partial charge in [0.1, 0.15) is 12.1 Å². The van der Waals surface area contributed by atoms with Gasteiger partial charge in [-0.2, -0.15) is 0 Å². The van der Waals surface area contributed by atoms with Gasteiger partial charge in [0.15, 0.2) is 0 Å². The van der Waals surface area contributed by atoms with Gasteiger partial charge in [-0.25, -0.2) is 9.59 Å². The largest absolute Gasteiger partial charge is 0.479 e. The van der Waals surface area contributed by atoms with E-state index >= 15 is 0 Å². The number of fused-ring (bicyclic) bond motifs is 4. The lowest BCUT2D eigenvalue weighted by Crippen LogP contribution is -2.56. The molecule has 1 saturated carbocycles. The zero-order chi connectivity index (χ0) is 18.8. The predicted octanol–water partition coefficient (Wildman–Crippen LogP) is 3.87. The van der Waals surface area contributed by atoms with Crippen molar-refractivity contribution in [3.8, 4) is 11.1 Å². The van der Waals surface area contributed by atoms with Gasteiger partial charge in [-0.05, 0) is 40.5 Å². The minimum atomic E-state index is -1.07. The molecule has 2 saturated heterocycles. The van der Waals surface area contributed by atoms with Crippen molar-refractivity contribution in [1.82, 2.24) is 4.90 Å². The average Bonchev–Trinajstić information content (AvgIpc) is 3.24. The zero-order valence-corrected chi connectivity index (χ0v) is 15.1. The summed E-state index contributed by atoms with van der Waals surface area (Å²) in [5, 5.41) is 9.63. The summed E-state index contributed by atoms with van der Waals surface area (Å²) in [4.78, 5) is 25.9. The Labute approximate surface area is 157 Å². The first-order valence-electron chi connectivity index (χ1n) is 9.30. The second-order valence-corrected chi connectivity index (χ2v) is 8.39. The molecule has 6 rings (SSSR count). The molecule has 0 unspecified atom stereocenters. The molecule has 1 N–H and O–H groups in total. The van der Waals surface area contributed by atoms with E-state index in [1.165, 1.54) is 16.0 Å². The van der Waals surface area contributed by atoms with Gasteiger partial charge >= 0.3 is 12.1 Å². The highest BCUT2D eigenvalue weighted by molar-refractivity contribution is 5.88.